The Morgan fingerprint density at radius 3 is 2.70 bits per heavy atom. The van der Waals surface area contributed by atoms with Gasteiger partial charge in [-0.25, -0.2) is 4.39 Å². The molecule has 3 nitrogen and oxygen atoms in total. The lowest BCUT2D eigenvalue weighted by Gasteiger charge is -2.15. The number of halogens is 1. The van der Waals surface area contributed by atoms with Gasteiger partial charge in [0.1, 0.15) is 11.6 Å². The highest BCUT2D eigenvalue weighted by molar-refractivity contribution is 7.99. The van der Waals surface area contributed by atoms with Crippen LogP contribution < -0.4 is 10.1 Å². The highest BCUT2D eigenvalue weighted by Crippen LogP contribution is 2.27. The van der Waals surface area contributed by atoms with E-state index in [0.717, 1.165) is 4.90 Å². The summed E-state index contributed by atoms with van der Waals surface area (Å²) in [5.41, 5.74) is 0.495. The number of hydrogen-bond donors (Lipinski definition) is 1. The van der Waals surface area contributed by atoms with Crippen molar-refractivity contribution in [1.82, 2.24) is 0 Å². The standard InChI is InChI=1S/C18H20FNO2S/c1-3-22-17-11-14(19)9-10-16(17)20-18(21)13(2)12-23-15-7-5-4-6-8-15/h4-11,13H,3,12H2,1-2H3,(H,20,21). The Bertz CT molecular complexity index is 649. The van der Waals surface area contributed by atoms with Crippen molar-refractivity contribution in [2.45, 2.75) is 18.7 Å². The fourth-order valence-corrected chi connectivity index (χ4v) is 2.89. The monoisotopic (exact) mass is 333 g/mol. The molecular weight excluding hydrogens is 313 g/mol. The van der Waals surface area contributed by atoms with Crippen LogP contribution in [0.1, 0.15) is 13.8 Å². The lowest BCUT2D eigenvalue weighted by molar-refractivity contribution is -0.118. The number of anilines is 1. The van der Waals surface area contributed by atoms with Gasteiger partial charge in [0.25, 0.3) is 0 Å². The molecule has 0 bridgehead atoms. The molecule has 2 aromatic carbocycles. The summed E-state index contributed by atoms with van der Waals surface area (Å²) >= 11 is 1.63. The molecule has 0 saturated carbocycles. The van der Waals surface area contributed by atoms with Crippen LogP contribution in [0.15, 0.2) is 53.4 Å². The van der Waals surface area contributed by atoms with Crippen LogP contribution >= 0.6 is 11.8 Å². The molecule has 0 fully saturated rings. The van der Waals surface area contributed by atoms with Crippen molar-refractivity contribution < 1.29 is 13.9 Å². The highest BCUT2D eigenvalue weighted by atomic mass is 32.2. The van der Waals surface area contributed by atoms with Gasteiger partial charge in [0.2, 0.25) is 5.91 Å². The molecule has 23 heavy (non-hydrogen) atoms. The van der Waals surface area contributed by atoms with Crippen LogP contribution in [0.4, 0.5) is 10.1 Å². The third kappa shape index (κ3) is 5.28. The Morgan fingerprint density at radius 2 is 2.00 bits per heavy atom. The van der Waals surface area contributed by atoms with Crippen molar-refractivity contribution >= 4 is 23.4 Å². The zero-order valence-electron chi connectivity index (χ0n) is 13.2. The van der Waals surface area contributed by atoms with Crippen molar-refractivity contribution in [1.29, 1.82) is 0 Å². The van der Waals surface area contributed by atoms with Crippen molar-refractivity contribution in [3.63, 3.8) is 0 Å². The molecular formula is C18H20FNO2S. The van der Waals surface area contributed by atoms with E-state index in [4.69, 9.17) is 4.74 Å². The number of nitrogens with one attached hydrogen (secondary N) is 1. The summed E-state index contributed by atoms with van der Waals surface area (Å²) in [6.45, 7) is 4.09. The molecule has 0 radical (unpaired) electrons. The van der Waals surface area contributed by atoms with Crippen molar-refractivity contribution in [3.05, 3.63) is 54.3 Å². The Balaban J connectivity index is 1.95. The fraction of sp³-hybridized carbons (Fsp3) is 0.278. The van der Waals surface area contributed by atoms with Crippen LogP contribution in [0.2, 0.25) is 0 Å². The lowest BCUT2D eigenvalue weighted by Crippen LogP contribution is -2.22. The summed E-state index contributed by atoms with van der Waals surface area (Å²) < 4.78 is 18.6. The molecule has 1 unspecified atom stereocenters. The van der Waals surface area contributed by atoms with Gasteiger partial charge in [-0.3, -0.25) is 4.79 Å². The van der Waals surface area contributed by atoms with Gasteiger partial charge in [0, 0.05) is 22.6 Å². The smallest absolute Gasteiger partial charge is 0.228 e. The van der Waals surface area contributed by atoms with E-state index >= 15 is 0 Å². The predicted molar refractivity (Wildman–Crippen MR) is 92.5 cm³/mol. The summed E-state index contributed by atoms with van der Waals surface area (Å²) in [5, 5.41) is 2.81. The van der Waals surface area contributed by atoms with Crippen LogP contribution in [-0.2, 0) is 4.79 Å². The summed E-state index contributed by atoms with van der Waals surface area (Å²) in [4.78, 5) is 13.4. The largest absolute Gasteiger partial charge is 0.492 e. The molecule has 1 amide bonds. The van der Waals surface area contributed by atoms with Crippen LogP contribution in [0.5, 0.6) is 5.75 Å². The minimum atomic E-state index is -0.390. The second-order valence-electron chi connectivity index (χ2n) is 5.09. The molecule has 1 atom stereocenters. The second kappa shape index (κ2) is 8.58. The molecule has 122 valence electrons. The van der Waals surface area contributed by atoms with Crippen LogP contribution in [-0.4, -0.2) is 18.3 Å². The Morgan fingerprint density at radius 1 is 1.26 bits per heavy atom. The van der Waals surface area contributed by atoms with Crippen LogP contribution in [0.25, 0.3) is 0 Å². The van der Waals surface area contributed by atoms with E-state index in [1.54, 1.807) is 11.8 Å². The third-order valence-electron chi connectivity index (χ3n) is 3.19. The van der Waals surface area contributed by atoms with E-state index in [-0.39, 0.29) is 17.6 Å². The van der Waals surface area contributed by atoms with E-state index in [9.17, 15) is 9.18 Å². The Kier molecular flexibility index (Phi) is 6.47. The van der Waals surface area contributed by atoms with Crippen LogP contribution in [0, 0.1) is 11.7 Å². The maximum Gasteiger partial charge on any atom is 0.228 e. The van der Waals surface area contributed by atoms with Gasteiger partial charge in [-0.2, -0.15) is 0 Å². The maximum absolute atomic E-state index is 13.3. The first-order chi connectivity index (χ1) is 11.1. The summed E-state index contributed by atoms with van der Waals surface area (Å²) in [6, 6.07) is 14.0. The summed E-state index contributed by atoms with van der Waals surface area (Å²) in [7, 11) is 0. The number of carbonyl (C=O) groups excluding carboxylic acids is 1. The quantitative estimate of drug-likeness (QED) is 0.753. The number of ether oxygens (including phenoxy) is 1. The molecule has 5 heteroatoms. The van der Waals surface area contributed by atoms with Gasteiger partial charge in [0.15, 0.2) is 0 Å². The van der Waals surface area contributed by atoms with E-state index in [1.807, 2.05) is 44.2 Å². The first-order valence-corrected chi connectivity index (χ1v) is 8.49. The van der Waals surface area contributed by atoms with Crippen molar-refractivity contribution in [2.24, 2.45) is 5.92 Å². The molecule has 0 aliphatic carbocycles. The number of thioether (sulfide) groups is 1. The number of benzene rings is 2. The zero-order valence-corrected chi connectivity index (χ0v) is 14.0. The Labute approximate surface area is 140 Å². The molecule has 1 N–H and O–H groups in total. The summed E-state index contributed by atoms with van der Waals surface area (Å²) in [6.07, 6.45) is 0. The minimum Gasteiger partial charge on any atom is -0.492 e. The molecule has 0 aliphatic heterocycles. The average Bonchev–Trinajstić information content (AvgIpc) is 2.56. The molecule has 0 spiro atoms. The second-order valence-corrected chi connectivity index (χ2v) is 6.18. The number of rotatable bonds is 7. The maximum atomic E-state index is 13.3. The van der Waals surface area contributed by atoms with E-state index in [2.05, 4.69) is 5.32 Å². The SMILES string of the molecule is CCOc1cc(F)ccc1NC(=O)C(C)CSc1ccccc1. The first kappa shape index (κ1) is 17.3. The lowest BCUT2D eigenvalue weighted by atomic mass is 10.2. The predicted octanol–water partition coefficient (Wildman–Crippen LogP) is 4.59. The van der Waals surface area contributed by atoms with Gasteiger partial charge < -0.3 is 10.1 Å². The van der Waals surface area contributed by atoms with E-state index in [0.29, 0.717) is 23.8 Å². The number of hydrogen-bond acceptors (Lipinski definition) is 3. The average molecular weight is 333 g/mol. The topological polar surface area (TPSA) is 38.3 Å². The molecule has 0 aliphatic rings. The molecule has 0 heterocycles. The Hall–Kier alpha value is -2.01. The third-order valence-corrected chi connectivity index (χ3v) is 4.46. The molecule has 0 saturated heterocycles. The van der Waals surface area contributed by atoms with Gasteiger partial charge >= 0.3 is 0 Å². The highest BCUT2D eigenvalue weighted by Gasteiger charge is 2.16. The van der Waals surface area contributed by atoms with E-state index < -0.39 is 0 Å². The van der Waals surface area contributed by atoms with Gasteiger partial charge in [0.05, 0.1) is 12.3 Å². The normalized spacial score (nSPS) is 11.8. The van der Waals surface area contributed by atoms with Gasteiger partial charge in [-0.1, -0.05) is 25.1 Å². The van der Waals surface area contributed by atoms with Crippen molar-refractivity contribution in [2.75, 3.05) is 17.7 Å². The first-order valence-electron chi connectivity index (χ1n) is 7.51. The van der Waals surface area contributed by atoms with Crippen LogP contribution in [0.3, 0.4) is 0 Å². The summed E-state index contributed by atoms with van der Waals surface area (Å²) in [5.74, 6) is 0.338. The van der Waals surface area contributed by atoms with Gasteiger partial charge in [-0.15, -0.1) is 11.8 Å². The number of amides is 1. The molecule has 2 aromatic rings. The molecule has 2 rings (SSSR count). The van der Waals surface area contributed by atoms with Crippen molar-refractivity contribution in [3.8, 4) is 5.75 Å². The number of carbonyl (C=O) groups is 1. The minimum absolute atomic E-state index is 0.110. The van der Waals surface area contributed by atoms with Gasteiger partial charge in [-0.05, 0) is 31.2 Å². The fourth-order valence-electron chi connectivity index (χ4n) is 1.94. The molecule has 0 aromatic heterocycles. The van der Waals surface area contributed by atoms with E-state index in [1.165, 1.54) is 18.2 Å². The zero-order chi connectivity index (χ0) is 16.7.